The van der Waals surface area contributed by atoms with Gasteiger partial charge in [0.25, 0.3) is 0 Å². The molecule has 0 aromatic heterocycles. The van der Waals surface area contributed by atoms with Gasteiger partial charge in [-0.1, -0.05) is 46.3 Å². The van der Waals surface area contributed by atoms with Crippen molar-refractivity contribution in [2.24, 2.45) is 5.73 Å². The average Bonchev–Trinajstić information content (AvgIpc) is 2.39. The van der Waals surface area contributed by atoms with E-state index in [0.29, 0.717) is 5.56 Å². The van der Waals surface area contributed by atoms with E-state index < -0.39 is 5.82 Å². The van der Waals surface area contributed by atoms with Gasteiger partial charge in [-0.25, -0.2) is 4.39 Å². The maximum Gasteiger partial charge on any atom is 0.165 e. The summed E-state index contributed by atoms with van der Waals surface area (Å²) in [5.41, 5.74) is 6.87. The fourth-order valence-electron chi connectivity index (χ4n) is 1.54. The number of benzene rings is 2. The molecule has 19 heavy (non-hydrogen) atoms. The molecule has 0 saturated heterocycles. The lowest BCUT2D eigenvalue weighted by molar-refractivity contribution is 0.289. The molecule has 2 N–H and O–H groups in total. The predicted octanol–water partition coefficient (Wildman–Crippen LogP) is 3.80. The van der Waals surface area contributed by atoms with Crippen LogP contribution in [0.4, 0.5) is 4.39 Å². The maximum atomic E-state index is 13.8. The van der Waals surface area contributed by atoms with Gasteiger partial charge in [-0.2, -0.15) is 0 Å². The predicted molar refractivity (Wildman–Crippen MR) is 80.8 cm³/mol. The smallest absolute Gasteiger partial charge is 0.165 e. The van der Waals surface area contributed by atoms with Crippen LogP contribution in [-0.4, -0.2) is 4.99 Å². The van der Waals surface area contributed by atoms with Gasteiger partial charge in [-0.15, -0.1) is 0 Å². The Morgan fingerprint density at radius 1 is 1.26 bits per heavy atom. The summed E-state index contributed by atoms with van der Waals surface area (Å²) in [4.78, 5) is 0.163. The highest BCUT2D eigenvalue weighted by Gasteiger charge is 2.07. The molecule has 0 radical (unpaired) electrons. The van der Waals surface area contributed by atoms with E-state index in [1.165, 1.54) is 12.1 Å². The normalized spacial score (nSPS) is 10.2. The third kappa shape index (κ3) is 3.52. The Bertz CT molecular complexity index is 618. The monoisotopic (exact) mass is 339 g/mol. The van der Waals surface area contributed by atoms with Crippen LogP contribution in [0.3, 0.4) is 0 Å². The molecule has 0 spiro atoms. The first-order valence-electron chi connectivity index (χ1n) is 5.53. The molecule has 0 bridgehead atoms. The van der Waals surface area contributed by atoms with Crippen molar-refractivity contribution in [2.75, 3.05) is 0 Å². The zero-order chi connectivity index (χ0) is 13.8. The van der Waals surface area contributed by atoms with Crippen LogP contribution < -0.4 is 10.5 Å². The minimum absolute atomic E-state index is 0.163. The molecule has 0 saturated carbocycles. The van der Waals surface area contributed by atoms with E-state index in [-0.39, 0.29) is 17.3 Å². The number of thiocarbonyl (C=S) groups is 1. The van der Waals surface area contributed by atoms with Gasteiger partial charge < -0.3 is 10.5 Å². The molecule has 98 valence electrons. The quantitative estimate of drug-likeness (QED) is 0.860. The van der Waals surface area contributed by atoms with E-state index in [2.05, 4.69) is 15.9 Å². The van der Waals surface area contributed by atoms with E-state index in [9.17, 15) is 4.39 Å². The Morgan fingerprint density at radius 2 is 2.00 bits per heavy atom. The molecule has 0 aliphatic carbocycles. The number of nitrogens with two attached hydrogens (primary N) is 1. The van der Waals surface area contributed by atoms with Gasteiger partial charge in [0.2, 0.25) is 0 Å². The molecule has 5 heteroatoms. The second-order valence-electron chi connectivity index (χ2n) is 3.89. The highest BCUT2D eigenvalue weighted by atomic mass is 79.9. The second kappa shape index (κ2) is 6.12. The number of rotatable bonds is 4. The van der Waals surface area contributed by atoms with Gasteiger partial charge in [0.1, 0.15) is 11.6 Å². The van der Waals surface area contributed by atoms with Crippen molar-refractivity contribution in [1.29, 1.82) is 0 Å². The third-order valence-corrected chi connectivity index (χ3v) is 3.57. The van der Waals surface area contributed by atoms with E-state index in [1.54, 1.807) is 6.07 Å². The van der Waals surface area contributed by atoms with Gasteiger partial charge in [0, 0.05) is 15.6 Å². The van der Waals surface area contributed by atoms with Crippen LogP contribution in [0.15, 0.2) is 46.9 Å². The van der Waals surface area contributed by atoms with E-state index >= 15 is 0 Å². The zero-order valence-corrected chi connectivity index (χ0v) is 12.3. The molecule has 2 aromatic carbocycles. The van der Waals surface area contributed by atoms with Crippen molar-refractivity contribution in [1.82, 2.24) is 0 Å². The van der Waals surface area contributed by atoms with Crippen molar-refractivity contribution in [3.63, 3.8) is 0 Å². The molecular formula is C14H11BrFNOS. The fraction of sp³-hybridized carbons (Fsp3) is 0.0714. The molecule has 0 aliphatic heterocycles. The topological polar surface area (TPSA) is 35.2 Å². The largest absolute Gasteiger partial charge is 0.486 e. The Labute approximate surface area is 124 Å². The summed E-state index contributed by atoms with van der Waals surface area (Å²) in [6, 6.07) is 12.1. The van der Waals surface area contributed by atoms with Crippen molar-refractivity contribution in [3.05, 3.63) is 63.9 Å². The fourth-order valence-corrected chi connectivity index (χ4v) is 2.07. The minimum Gasteiger partial charge on any atom is -0.486 e. The summed E-state index contributed by atoms with van der Waals surface area (Å²) < 4.78 is 20.1. The van der Waals surface area contributed by atoms with Crippen molar-refractivity contribution in [3.8, 4) is 5.75 Å². The molecular weight excluding hydrogens is 329 g/mol. The summed E-state index contributed by atoms with van der Waals surface area (Å²) in [6.07, 6.45) is 0. The maximum absolute atomic E-state index is 13.8. The first-order valence-corrected chi connectivity index (χ1v) is 6.73. The average molecular weight is 340 g/mol. The summed E-state index contributed by atoms with van der Waals surface area (Å²) in [6.45, 7) is 0.283. The Balaban J connectivity index is 2.12. The highest BCUT2D eigenvalue weighted by molar-refractivity contribution is 9.10. The van der Waals surface area contributed by atoms with Crippen molar-refractivity contribution < 1.29 is 9.13 Å². The first-order chi connectivity index (χ1) is 9.08. The lowest BCUT2D eigenvalue weighted by Crippen LogP contribution is -2.09. The summed E-state index contributed by atoms with van der Waals surface area (Å²) in [5.74, 6) is -0.298. The van der Waals surface area contributed by atoms with Gasteiger partial charge in [0.15, 0.2) is 11.6 Å². The number of ether oxygens (including phenoxy) is 1. The molecule has 2 nitrogen and oxygen atoms in total. The van der Waals surface area contributed by atoms with Crippen molar-refractivity contribution >= 4 is 33.1 Å². The zero-order valence-electron chi connectivity index (χ0n) is 9.90. The Kier molecular flexibility index (Phi) is 4.50. The summed E-state index contributed by atoms with van der Waals surface area (Å²) in [7, 11) is 0. The van der Waals surface area contributed by atoms with Crippen molar-refractivity contribution in [2.45, 2.75) is 6.61 Å². The second-order valence-corrected chi connectivity index (χ2v) is 5.18. The Morgan fingerprint density at radius 3 is 2.63 bits per heavy atom. The molecule has 0 aliphatic rings. The van der Waals surface area contributed by atoms with Crippen LogP contribution in [0.5, 0.6) is 5.75 Å². The SMILES string of the molecule is NC(=S)c1ccc(OCc2ccccc2Br)c(F)c1. The van der Waals surface area contributed by atoms with E-state index in [0.717, 1.165) is 10.0 Å². The van der Waals surface area contributed by atoms with E-state index in [1.807, 2.05) is 24.3 Å². The number of halogens is 2. The Hall–Kier alpha value is -1.46. The van der Waals surface area contributed by atoms with Crippen LogP contribution >= 0.6 is 28.1 Å². The molecule has 0 amide bonds. The van der Waals surface area contributed by atoms with Crippen LogP contribution in [0.25, 0.3) is 0 Å². The molecule has 0 atom stereocenters. The highest BCUT2D eigenvalue weighted by Crippen LogP contribution is 2.22. The van der Waals surface area contributed by atoms with Gasteiger partial charge >= 0.3 is 0 Å². The standard InChI is InChI=1S/C14H11BrFNOS/c15-11-4-2-1-3-10(11)8-18-13-6-5-9(14(17)19)7-12(13)16/h1-7H,8H2,(H2,17,19). The van der Waals surface area contributed by atoms with Gasteiger partial charge in [-0.3, -0.25) is 0 Å². The van der Waals surface area contributed by atoms with Crippen LogP contribution in [0.1, 0.15) is 11.1 Å². The molecule has 2 aromatic rings. The number of hydrogen-bond acceptors (Lipinski definition) is 2. The van der Waals surface area contributed by atoms with E-state index in [4.69, 9.17) is 22.7 Å². The van der Waals surface area contributed by atoms with Crippen LogP contribution in [0.2, 0.25) is 0 Å². The molecule has 0 heterocycles. The lowest BCUT2D eigenvalue weighted by Gasteiger charge is -2.09. The first kappa shape index (κ1) is 14.0. The van der Waals surface area contributed by atoms with Gasteiger partial charge in [-0.05, 0) is 24.3 Å². The van der Waals surface area contributed by atoms with Crippen LogP contribution in [-0.2, 0) is 6.61 Å². The lowest BCUT2D eigenvalue weighted by atomic mass is 10.2. The third-order valence-electron chi connectivity index (χ3n) is 2.56. The minimum atomic E-state index is -0.475. The molecule has 2 rings (SSSR count). The summed E-state index contributed by atoms with van der Waals surface area (Å²) in [5, 5.41) is 0. The molecule has 0 fully saturated rings. The molecule has 0 unspecified atom stereocenters. The number of hydrogen-bond donors (Lipinski definition) is 1. The summed E-state index contributed by atoms with van der Waals surface area (Å²) >= 11 is 8.20. The van der Waals surface area contributed by atoms with Gasteiger partial charge in [0.05, 0.1) is 0 Å². The van der Waals surface area contributed by atoms with Crippen LogP contribution in [0, 0.1) is 5.82 Å².